The van der Waals surface area contributed by atoms with E-state index in [2.05, 4.69) is 57.2 Å². The molecule has 1 unspecified atom stereocenters. The molecule has 0 aliphatic carbocycles. The molecule has 48 heavy (non-hydrogen) atoms. The first-order valence-corrected chi connectivity index (χ1v) is 20.0. The minimum Gasteiger partial charge on any atom is -0.462 e. The molecular weight excluding hydrogens is 600 g/mol. The van der Waals surface area contributed by atoms with Crippen molar-refractivity contribution in [3.63, 3.8) is 0 Å². The number of allylic oxidation sites excluding steroid dienone is 6. The minimum atomic E-state index is -0.780. The molecule has 0 amide bonds. The van der Waals surface area contributed by atoms with Crippen molar-refractivity contribution in [2.24, 2.45) is 0 Å². The van der Waals surface area contributed by atoms with Gasteiger partial charge in [-0.1, -0.05) is 147 Å². The average molecular weight is 675 g/mol. The summed E-state index contributed by atoms with van der Waals surface area (Å²) in [4.78, 5) is 37.4. The van der Waals surface area contributed by atoms with Gasteiger partial charge >= 0.3 is 17.9 Å². The maximum Gasteiger partial charge on any atom is 0.306 e. The Morgan fingerprint density at radius 3 is 1.38 bits per heavy atom. The van der Waals surface area contributed by atoms with Crippen molar-refractivity contribution in [2.75, 3.05) is 13.2 Å². The summed E-state index contributed by atoms with van der Waals surface area (Å²) in [5.41, 5.74) is 0. The fourth-order valence-corrected chi connectivity index (χ4v) is 5.34. The number of esters is 3. The van der Waals surface area contributed by atoms with Gasteiger partial charge in [-0.15, -0.1) is 0 Å². The minimum absolute atomic E-state index is 0.0858. The molecule has 0 rings (SSSR count). The number of unbranched alkanes of at least 4 members (excludes halogenated alkanes) is 18. The normalized spacial score (nSPS) is 12.3. The van der Waals surface area contributed by atoms with Crippen LogP contribution in [0, 0.1) is 0 Å². The van der Waals surface area contributed by atoms with Crippen molar-refractivity contribution in [1.29, 1.82) is 0 Å². The summed E-state index contributed by atoms with van der Waals surface area (Å²) in [7, 11) is 0. The van der Waals surface area contributed by atoms with E-state index >= 15 is 0 Å². The first-order valence-electron chi connectivity index (χ1n) is 20.0. The summed E-state index contributed by atoms with van der Waals surface area (Å²) in [6, 6.07) is 0. The van der Waals surface area contributed by atoms with Crippen LogP contribution in [0.5, 0.6) is 0 Å². The maximum absolute atomic E-state index is 12.6. The number of carbonyl (C=O) groups excluding carboxylic acids is 3. The van der Waals surface area contributed by atoms with E-state index in [0.29, 0.717) is 19.3 Å². The Morgan fingerprint density at radius 2 is 0.833 bits per heavy atom. The largest absolute Gasteiger partial charge is 0.462 e. The van der Waals surface area contributed by atoms with Crippen LogP contribution < -0.4 is 0 Å². The van der Waals surface area contributed by atoms with E-state index < -0.39 is 6.10 Å². The Bertz CT molecular complexity index is 830. The molecule has 0 aliphatic rings. The van der Waals surface area contributed by atoms with E-state index in [1.807, 2.05) is 0 Å². The predicted octanol–water partition coefficient (Wildman–Crippen LogP) is 12.2. The Labute approximate surface area is 295 Å². The molecule has 0 heterocycles. The van der Waals surface area contributed by atoms with Crippen LogP contribution in [0.3, 0.4) is 0 Å². The summed E-state index contributed by atoms with van der Waals surface area (Å²) in [6.07, 6.45) is 39.9. The van der Waals surface area contributed by atoms with Crippen LogP contribution in [-0.4, -0.2) is 37.2 Å². The van der Waals surface area contributed by atoms with Gasteiger partial charge in [-0.3, -0.25) is 14.4 Å². The van der Waals surface area contributed by atoms with Gasteiger partial charge in [0, 0.05) is 19.3 Å². The first kappa shape index (κ1) is 45.6. The Hall–Kier alpha value is -2.37. The van der Waals surface area contributed by atoms with Gasteiger partial charge in [-0.05, 0) is 64.2 Å². The van der Waals surface area contributed by atoms with Crippen LogP contribution in [0.1, 0.15) is 194 Å². The third-order valence-corrected chi connectivity index (χ3v) is 8.38. The number of hydrogen-bond acceptors (Lipinski definition) is 6. The summed E-state index contributed by atoms with van der Waals surface area (Å²) in [5, 5.41) is 0. The van der Waals surface area contributed by atoms with Crippen molar-refractivity contribution in [1.82, 2.24) is 0 Å². The first-order chi connectivity index (χ1) is 23.5. The van der Waals surface area contributed by atoms with Gasteiger partial charge in [0.2, 0.25) is 0 Å². The molecule has 0 bridgehead atoms. The lowest BCUT2D eigenvalue weighted by Gasteiger charge is -2.18. The molecule has 0 N–H and O–H groups in total. The van der Waals surface area contributed by atoms with Crippen LogP contribution in [0.4, 0.5) is 0 Å². The molecule has 6 nitrogen and oxygen atoms in total. The molecule has 0 saturated carbocycles. The van der Waals surface area contributed by atoms with Crippen molar-refractivity contribution in [2.45, 2.75) is 200 Å². The van der Waals surface area contributed by atoms with Gasteiger partial charge in [0.15, 0.2) is 6.10 Å². The van der Waals surface area contributed by atoms with Gasteiger partial charge in [0.1, 0.15) is 13.2 Å². The highest BCUT2D eigenvalue weighted by Gasteiger charge is 2.19. The van der Waals surface area contributed by atoms with Gasteiger partial charge in [0.25, 0.3) is 0 Å². The highest BCUT2D eigenvalue weighted by atomic mass is 16.6. The zero-order chi connectivity index (χ0) is 35.2. The highest BCUT2D eigenvalue weighted by Crippen LogP contribution is 2.13. The molecular formula is C42H74O6. The topological polar surface area (TPSA) is 78.9 Å². The monoisotopic (exact) mass is 675 g/mol. The maximum atomic E-state index is 12.6. The molecule has 0 saturated heterocycles. The second-order valence-electron chi connectivity index (χ2n) is 13.2. The number of carbonyl (C=O) groups is 3. The van der Waals surface area contributed by atoms with Crippen LogP contribution in [-0.2, 0) is 28.6 Å². The van der Waals surface area contributed by atoms with Crippen molar-refractivity contribution in [3.8, 4) is 0 Å². The smallest absolute Gasteiger partial charge is 0.306 e. The Kier molecular flexibility index (Phi) is 35.6. The van der Waals surface area contributed by atoms with Gasteiger partial charge < -0.3 is 14.2 Å². The molecule has 0 fully saturated rings. The molecule has 0 aliphatic heterocycles. The molecule has 6 heteroatoms. The van der Waals surface area contributed by atoms with E-state index in [9.17, 15) is 14.4 Å². The number of ether oxygens (including phenoxy) is 3. The molecule has 0 radical (unpaired) electrons. The standard InChI is InChI=1S/C42H74O6/c1-4-7-10-13-16-19-21-24-26-29-32-35-41(44)47-38-39(37-46-40(43)34-31-28-25-22-18-15-12-9-6-3)48-42(45)36-33-30-27-23-20-17-14-11-8-5-2/h9,12-13,16,18,22,39H,4-8,10-11,14-15,17,19-21,23-38H2,1-3H3/b12-9-,16-13-,22-18-. The van der Waals surface area contributed by atoms with Crippen LogP contribution in [0.2, 0.25) is 0 Å². The third kappa shape index (κ3) is 35.0. The second-order valence-corrected chi connectivity index (χ2v) is 13.2. The van der Waals surface area contributed by atoms with Crippen molar-refractivity contribution < 1.29 is 28.6 Å². The average Bonchev–Trinajstić information content (AvgIpc) is 3.08. The van der Waals surface area contributed by atoms with E-state index in [-0.39, 0.29) is 31.1 Å². The van der Waals surface area contributed by atoms with E-state index in [1.165, 1.54) is 77.0 Å². The van der Waals surface area contributed by atoms with E-state index in [4.69, 9.17) is 14.2 Å². The summed E-state index contributed by atoms with van der Waals surface area (Å²) < 4.78 is 16.5. The molecule has 0 aromatic carbocycles. The highest BCUT2D eigenvalue weighted by molar-refractivity contribution is 5.71. The van der Waals surface area contributed by atoms with Gasteiger partial charge in [-0.25, -0.2) is 0 Å². The zero-order valence-electron chi connectivity index (χ0n) is 31.5. The number of rotatable bonds is 35. The third-order valence-electron chi connectivity index (χ3n) is 8.38. The molecule has 278 valence electrons. The SMILES string of the molecule is CC/C=C\C/C=C\CCCCC(=O)OCC(COC(=O)CCCCCCC/C=C\CCCC)OC(=O)CCCCCCCCCCCC. The van der Waals surface area contributed by atoms with Gasteiger partial charge in [0.05, 0.1) is 0 Å². The van der Waals surface area contributed by atoms with Crippen LogP contribution in [0.25, 0.3) is 0 Å². The van der Waals surface area contributed by atoms with Crippen molar-refractivity contribution in [3.05, 3.63) is 36.5 Å². The molecule has 1 atom stereocenters. The van der Waals surface area contributed by atoms with E-state index in [0.717, 1.165) is 77.0 Å². The molecule has 0 aromatic heterocycles. The fourth-order valence-electron chi connectivity index (χ4n) is 5.34. The van der Waals surface area contributed by atoms with Crippen molar-refractivity contribution >= 4 is 17.9 Å². The predicted molar refractivity (Wildman–Crippen MR) is 201 cm³/mol. The zero-order valence-corrected chi connectivity index (χ0v) is 31.5. The van der Waals surface area contributed by atoms with Gasteiger partial charge in [-0.2, -0.15) is 0 Å². The summed E-state index contributed by atoms with van der Waals surface area (Å²) in [5.74, 6) is -0.940. The second kappa shape index (κ2) is 37.4. The quantitative estimate of drug-likeness (QED) is 0.0288. The number of hydrogen-bond donors (Lipinski definition) is 0. The lowest BCUT2D eigenvalue weighted by molar-refractivity contribution is -0.167. The summed E-state index contributed by atoms with van der Waals surface area (Å²) >= 11 is 0. The fraction of sp³-hybridized carbons (Fsp3) is 0.786. The lowest BCUT2D eigenvalue weighted by atomic mass is 10.1. The molecule has 0 aromatic rings. The lowest BCUT2D eigenvalue weighted by Crippen LogP contribution is -2.30. The van der Waals surface area contributed by atoms with Crippen LogP contribution in [0.15, 0.2) is 36.5 Å². The Balaban J connectivity index is 4.41. The molecule has 0 spiro atoms. The Morgan fingerprint density at radius 1 is 0.438 bits per heavy atom. The summed E-state index contributed by atoms with van der Waals surface area (Å²) in [6.45, 7) is 6.40. The van der Waals surface area contributed by atoms with E-state index in [1.54, 1.807) is 0 Å². The van der Waals surface area contributed by atoms with Crippen LogP contribution >= 0.6 is 0 Å².